The molecular weight excluding hydrogens is 328 g/mol. The Morgan fingerprint density at radius 3 is 2.64 bits per heavy atom. The summed E-state index contributed by atoms with van der Waals surface area (Å²) in [7, 11) is 0. The van der Waals surface area contributed by atoms with Crippen molar-refractivity contribution in [3.05, 3.63) is 65.0 Å². The Kier molecular flexibility index (Phi) is 4.60. The Morgan fingerprint density at radius 1 is 1.20 bits per heavy atom. The van der Waals surface area contributed by atoms with Crippen molar-refractivity contribution in [3.8, 4) is 11.4 Å². The quantitative estimate of drug-likeness (QED) is 0.533. The first-order chi connectivity index (χ1) is 12.1. The van der Waals surface area contributed by atoms with Crippen LogP contribution in [0.3, 0.4) is 0 Å². The van der Waals surface area contributed by atoms with Gasteiger partial charge in [0.2, 0.25) is 0 Å². The van der Waals surface area contributed by atoms with Gasteiger partial charge in [-0.3, -0.25) is 14.9 Å². The van der Waals surface area contributed by atoms with Crippen LogP contribution in [0, 0.1) is 10.1 Å². The van der Waals surface area contributed by atoms with E-state index in [1.807, 2.05) is 0 Å². The molecule has 1 amide bonds. The summed E-state index contributed by atoms with van der Waals surface area (Å²) in [5.41, 5.74) is 1.09. The number of carbonyl (C=O) groups is 1. The lowest BCUT2D eigenvalue weighted by molar-refractivity contribution is -0.385. The van der Waals surface area contributed by atoms with Crippen LogP contribution in [-0.2, 0) is 4.79 Å². The van der Waals surface area contributed by atoms with Crippen LogP contribution in [0.5, 0.6) is 5.75 Å². The second-order valence-electron chi connectivity index (χ2n) is 4.86. The van der Waals surface area contributed by atoms with Gasteiger partial charge in [0.1, 0.15) is 6.33 Å². The Bertz CT molecular complexity index is 879. The minimum atomic E-state index is -0.565. The molecule has 25 heavy (non-hydrogen) atoms. The Balaban J connectivity index is 1.59. The average molecular weight is 340 g/mol. The van der Waals surface area contributed by atoms with Crippen molar-refractivity contribution in [2.75, 3.05) is 11.9 Å². The largest absolute Gasteiger partial charge is 0.477 e. The zero-order valence-corrected chi connectivity index (χ0v) is 12.8. The number of rotatable bonds is 6. The van der Waals surface area contributed by atoms with E-state index in [9.17, 15) is 14.9 Å². The zero-order valence-electron chi connectivity index (χ0n) is 12.8. The average Bonchev–Trinajstić information content (AvgIpc) is 3.15. The number of carbonyl (C=O) groups excluding carboxylic acids is 1. The van der Waals surface area contributed by atoms with Crippen LogP contribution in [0.4, 0.5) is 11.4 Å². The molecular formula is C15H12N6O4. The third-order valence-electron chi connectivity index (χ3n) is 3.19. The Hall–Kier alpha value is -3.82. The van der Waals surface area contributed by atoms with Gasteiger partial charge in [-0.1, -0.05) is 12.1 Å². The number of amides is 1. The Morgan fingerprint density at radius 2 is 1.96 bits per heavy atom. The van der Waals surface area contributed by atoms with Gasteiger partial charge in [-0.2, -0.15) is 0 Å². The fourth-order valence-electron chi connectivity index (χ4n) is 2.05. The highest BCUT2D eigenvalue weighted by molar-refractivity contribution is 5.92. The number of nitrogens with one attached hydrogen (secondary N) is 1. The second-order valence-corrected chi connectivity index (χ2v) is 4.86. The summed E-state index contributed by atoms with van der Waals surface area (Å²) in [6, 6.07) is 12.7. The first kappa shape index (κ1) is 16.1. The van der Waals surface area contributed by atoms with E-state index in [1.54, 1.807) is 30.3 Å². The van der Waals surface area contributed by atoms with E-state index in [0.717, 1.165) is 5.69 Å². The van der Waals surface area contributed by atoms with Gasteiger partial charge < -0.3 is 10.1 Å². The number of tetrazole rings is 1. The number of hydrogen-bond donors (Lipinski definition) is 1. The van der Waals surface area contributed by atoms with Crippen LogP contribution in [0.15, 0.2) is 54.9 Å². The van der Waals surface area contributed by atoms with Gasteiger partial charge in [0.05, 0.1) is 10.6 Å². The van der Waals surface area contributed by atoms with E-state index in [2.05, 4.69) is 20.8 Å². The molecule has 1 aromatic heterocycles. The number of anilines is 1. The number of para-hydroxylation sites is 2. The Labute approximate surface area is 141 Å². The third kappa shape index (κ3) is 3.93. The molecule has 0 aliphatic carbocycles. The van der Waals surface area contributed by atoms with Crippen molar-refractivity contribution in [3.63, 3.8) is 0 Å². The molecule has 10 heteroatoms. The second kappa shape index (κ2) is 7.17. The maximum absolute atomic E-state index is 11.9. The third-order valence-corrected chi connectivity index (χ3v) is 3.19. The van der Waals surface area contributed by atoms with Crippen molar-refractivity contribution in [1.29, 1.82) is 0 Å². The minimum absolute atomic E-state index is 0.0386. The molecule has 0 unspecified atom stereocenters. The van der Waals surface area contributed by atoms with Crippen LogP contribution in [0.25, 0.3) is 5.69 Å². The lowest BCUT2D eigenvalue weighted by Gasteiger charge is -2.08. The maximum Gasteiger partial charge on any atom is 0.310 e. The maximum atomic E-state index is 11.9. The monoisotopic (exact) mass is 340 g/mol. The summed E-state index contributed by atoms with van der Waals surface area (Å²) in [5, 5.41) is 24.4. The molecule has 0 spiro atoms. The number of nitro groups is 1. The van der Waals surface area contributed by atoms with Crippen molar-refractivity contribution >= 4 is 17.3 Å². The molecule has 2 aromatic carbocycles. The molecule has 0 bridgehead atoms. The molecule has 0 radical (unpaired) electrons. The van der Waals surface area contributed by atoms with Crippen molar-refractivity contribution in [1.82, 2.24) is 20.2 Å². The number of hydrogen-bond acceptors (Lipinski definition) is 7. The highest BCUT2D eigenvalue weighted by atomic mass is 16.6. The molecule has 10 nitrogen and oxygen atoms in total. The molecule has 0 aliphatic rings. The normalized spacial score (nSPS) is 10.2. The van der Waals surface area contributed by atoms with Crippen molar-refractivity contribution in [2.24, 2.45) is 0 Å². The lowest BCUT2D eigenvalue weighted by atomic mass is 10.3. The fraction of sp³-hybridized carbons (Fsp3) is 0.0667. The summed E-state index contributed by atoms with van der Waals surface area (Å²) in [6.07, 6.45) is 1.45. The lowest BCUT2D eigenvalue weighted by Crippen LogP contribution is -2.20. The van der Waals surface area contributed by atoms with Gasteiger partial charge >= 0.3 is 5.69 Å². The van der Waals surface area contributed by atoms with Gasteiger partial charge in [-0.15, -0.1) is 5.10 Å². The molecule has 1 N–H and O–H groups in total. The first-order valence-electron chi connectivity index (χ1n) is 7.13. The molecule has 3 rings (SSSR count). The molecule has 3 aromatic rings. The standard InChI is InChI=1S/C15H12N6O4/c22-15(9-25-14-4-2-1-3-13(14)21(23)24)17-11-5-7-12(8-6-11)20-10-16-18-19-20/h1-8,10H,9H2,(H,17,22). The molecule has 0 aliphatic heterocycles. The number of benzene rings is 2. The molecule has 1 heterocycles. The van der Waals surface area contributed by atoms with E-state index in [0.29, 0.717) is 5.69 Å². The molecule has 0 saturated carbocycles. The molecule has 126 valence electrons. The molecule has 0 fully saturated rings. The minimum Gasteiger partial charge on any atom is -0.477 e. The van der Waals surface area contributed by atoms with Crippen LogP contribution < -0.4 is 10.1 Å². The number of ether oxygens (including phenoxy) is 1. The number of nitro benzene ring substituents is 1. The smallest absolute Gasteiger partial charge is 0.310 e. The predicted molar refractivity (Wildman–Crippen MR) is 86.4 cm³/mol. The van der Waals surface area contributed by atoms with Crippen LogP contribution in [0.1, 0.15) is 0 Å². The summed E-state index contributed by atoms with van der Waals surface area (Å²) in [5.74, 6) is -0.398. The summed E-state index contributed by atoms with van der Waals surface area (Å²) < 4.78 is 6.71. The molecule has 0 atom stereocenters. The highest BCUT2D eigenvalue weighted by Gasteiger charge is 2.15. The fourth-order valence-corrected chi connectivity index (χ4v) is 2.05. The van der Waals surface area contributed by atoms with Gasteiger partial charge in [-0.25, -0.2) is 4.68 Å². The summed E-state index contributed by atoms with van der Waals surface area (Å²) in [4.78, 5) is 22.3. The van der Waals surface area contributed by atoms with Crippen LogP contribution in [-0.4, -0.2) is 37.6 Å². The number of aromatic nitrogens is 4. The van der Waals surface area contributed by atoms with Gasteiger partial charge in [0.15, 0.2) is 12.4 Å². The van der Waals surface area contributed by atoms with Crippen molar-refractivity contribution in [2.45, 2.75) is 0 Å². The van der Waals surface area contributed by atoms with Crippen LogP contribution >= 0.6 is 0 Å². The predicted octanol–water partition coefficient (Wildman–Crippen LogP) is 1.59. The SMILES string of the molecule is O=C(COc1ccccc1[N+](=O)[O-])Nc1ccc(-n2cnnn2)cc1. The van der Waals surface area contributed by atoms with Gasteiger partial charge in [0, 0.05) is 11.8 Å². The van der Waals surface area contributed by atoms with E-state index in [4.69, 9.17) is 4.74 Å². The summed E-state index contributed by atoms with van der Waals surface area (Å²) in [6.45, 7) is -0.348. The topological polar surface area (TPSA) is 125 Å². The first-order valence-corrected chi connectivity index (χ1v) is 7.13. The number of nitrogens with zero attached hydrogens (tertiary/aromatic N) is 5. The summed E-state index contributed by atoms with van der Waals surface area (Å²) >= 11 is 0. The zero-order chi connectivity index (χ0) is 17.6. The van der Waals surface area contributed by atoms with Crippen molar-refractivity contribution < 1.29 is 14.5 Å². The van der Waals surface area contributed by atoms with E-state index < -0.39 is 10.8 Å². The van der Waals surface area contributed by atoms with E-state index >= 15 is 0 Å². The van der Waals surface area contributed by atoms with E-state index in [-0.39, 0.29) is 18.0 Å². The van der Waals surface area contributed by atoms with Gasteiger partial charge in [-0.05, 0) is 40.8 Å². The van der Waals surface area contributed by atoms with Crippen LogP contribution in [0.2, 0.25) is 0 Å². The van der Waals surface area contributed by atoms with Gasteiger partial charge in [0.25, 0.3) is 5.91 Å². The van der Waals surface area contributed by atoms with E-state index in [1.165, 1.54) is 29.2 Å². The molecule has 0 saturated heterocycles. The highest BCUT2D eigenvalue weighted by Crippen LogP contribution is 2.25.